The molecule has 0 radical (unpaired) electrons. The summed E-state index contributed by atoms with van der Waals surface area (Å²) in [4.78, 5) is 31.8. The van der Waals surface area contributed by atoms with Gasteiger partial charge in [-0.3, -0.25) is 9.36 Å². The van der Waals surface area contributed by atoms with Crippen LogP contribution in [0.5, 0.6) is 17.2 Å². The summed E-state index contributed by atoms with van der Waals surface area (Å²) >= 11 is 5.41. The number of nitrogens with zero attached hydrogens (tertiary/aromatic N) is 2. The van der Waals surface area contributed by atoms with Crippen LogP contribution in [0.2, 0.25) is 0 Å². The number of thiazole rings is 1. The van der Waals surface area contributed by atoms with Crippen molar-refractivity contribution < 1.29 is 24.1 Å². The fourth-order valence-electron chi connectivity index (χ4n) is 3.97. The molecule has 36 heavy (non-hydrogen) atoms. The van der Waals surface area contributed by atoms with E-state index in [1.807, 2.05) is 6.07 Å². The number of carbonyl (C=O) groups is 1. The molecule has 1 N–H and O–H groups in total. The van der Waals surface area contributed by atoms with Gasteiger partial charge >= 0.3 is 5.97 Å². The Morgan fingerprint density at radius 2 is 1.92 bits per heavy atom. The predicted octanol–water partition coefficient (Wildman–Crippen LogP) is 3.73. The van der Waals surface area contributed by atoms with E-state index in [2.05, 4.69) is 50.2 Å². The van der Waals surface area contributed by atoms with Crippen LogP contribution in [0.15, 0.2) is 51.4 Å². The van der Waals surface area contributed by atoms with Gasteiger partial charge in [0.25, 0.3) is 5.56 Å². The van der Waals surface area contributed by atoms with E-state index < -0.39 is 12.0 Å². The van der Waals surface area contributed by atoms with Gasteiger partial charge < -0.3 is 19.3 Å². The second kappa shape index (κ2) is 10.9. The molecule has 3 aromatic rings. The zero-order valence-corrected chi connectivity index (χ0v) is 24.9. The molecule has 0 fully saturated rings. The van der Waals surface area contributed by atoms with E-state index in [0.29, 0.717) is 41.2 Å². The lowest BCUT2D eigenvalue weighted by Crippen LogP contribution is -2.40. The summed E-state index contributed by atoms with van der Waals surface area (Å²) in [5, 5.41) is 10.6. The average Bonchev–Trinajstić information content (AvgIpc) is 3.15. The van der Waals surface area contributed by atoms with Crippen molar-refractivity contribution in [1.82, 2.24) is 4.57 Å². The van der Waals surface area contributed by atoms with Gasteiger partial charge in [-0.2, -0.15) is 0 Å². The first-order valence-electron chi connectivity index (χ1n) is 10.8. The monoisotopic (exact) mass is 732 g/mol. The number of methoxy groups -OCH3 is 2. The van der Waals surface area contributed by atoms with Crippen LogP contribution in [0.25, 0.3) is 6.08 Å². The highest BCUT2D eigenvalue weighted by Crippen LogP contribution is 2.36. The molecule has 1 aliphatic heterocycles. The summed E-state index contributed by atoms with van der Waals surface area (Å²) in [7, 11) is 3.06. The van der Waals surface area contributed by atoms with Crippen molar-refractivity contribution in [2.24, 2.45) is 4.99 Å². The molecule has 0 saturated heterocycles. The van der Waals surface area contributed by atoms with Crippen LogP contribution in [0.3, 0.4) is 0 Å². The number of fused-ring (bicyclic) bond motifs is 1. The van der Waals surface area contributed by atoms with Gasteiger partial charge in [0.2, 0.25) is 0 Å². The van der Waals surface area contributed by atoms with Gasteiger partial charge in [-0.1, -0.05) is 17.4 Å². The molecule has 0 bridgehead atoms. The summed E-state index contributed by atoms with van der Waals surface area (Å²) in [6.45, 7) is 3.64. The van der Waals surface area contributed by atoms with Crippen LogP contribution >= 0.6 is 56.5 Å². The Morgan fingerprint density at radius 3 is 2.58 bits per heavy atom. The Bertz CT molecular complexity index is 1570. The molecule has 1 unspecified atom stereocenters. The highest BCUT2D eigenvalue weighted by molar-refractivity contribution is 14.1. The molecule has 0 saturated carbocycles. The number of halogens is 2. The first-order chi connectivity index (χ1) is 17.2. The predicted molar refractivity (Wildman–Crippen MR) is 153 cm³/mol. The van der Waals surface area contributed by atoms with Crippen molar-refractivity contribution in [3.8, 4) is 17.2 Å². The average molecular weight is 732 g/mol. The van der Waals surface area contributed by atoms with Crippen LogP contribution < -0.4 is 24.4 Å². The molecule has 1 atom stereocenters. The topological polar surface area (TPSA) is 99.4 Å². The number of benzene rings is 2. The van der Waals surface area contributed by atoms with Gasteiger partial charge in [0.15, 0.2) is 16.3 Å². The largest absolute Gasteiger partial charge is 0.506 e. The minimum absolute atomic E-state index is 0.0988. The highest BCUT2D eigenvalue weighted by Gasteiger charge is 2.34. The van der Waals surface area contributed by atoms with E-state index in [1.165, 1.54) is 30.1 Å². The molecule has 0 aliphatic carbocycles. The number of phenols is 1. The minimum Gasteiger partial charge on any atom is -0.506 e. The number of phenolic OH excluding ortho intramolecular Hbond substituents is 1. The maximum atomic E-state index is 13.8. The maximum Gasteiger partial charge on any atom is 0.338 e. The van der Waals surface area contributed by atoms with Crippen molar-refractivity contribution in [3.63, 3.8) is 0 Å². The molecular weight excluding hydrogens is 710 g/mol. The number of aromatic nitrogens is 1. The molecular formula is C25H22I2N2O6S. The normalized spacial score (nSPS) is 15.4. The number of allylic oxidation sites excluding steroid dienone is 1. The van der Waals surface area contributed by atoms with E-state index in [-0.39, 0.29) is 23.5 Å². The first-order valence-corrected chi connectivity index (χ1v) is 13.8. The molecule has 2 heterocycles. The fraction of sp³-hybridized carbons (Fsp3) is 0.240. The van der Waals surface area contributed by atoms with Crippen LogP contribution in [0, 0.1) is 7.14 Å². The van der Waals surface area contributed by atoms with Crippen LogP contribution in [0.4, 0.5) is 0 Å². The lowest BCUT2D eigenvalue weighted by atomic mass is 9.95. The van der Waals surface area contributed by atoms with Crippen molar-refractivity contribution in [2.75, 3.05) is 20.8 Å². The van der Waals surface area contributed by atoms with Gasteiger partial charge in [-0.25, -0.2) is 9.79 Å². The molecule has 0 amide bonds. The number of rotatable bonds is 6. The van der Waals surface area contributed by atoms with Crippen molar-refractivity contribution >= 4 is 68.6 Å². The molecule has 8 nitrogen and oxygen atoms in total. The standard InChI is InChI=1S/C25H22I2N2O6S/c1-5-35-24(32)20-12(2)28-25-29(21(20)13-6-7-17(33-3)18(9-13)34-4)23(31)19(36-25)10-14-8-15(26)11-16(27)22(14)30/h6-11,21,30H,5H2,1-4H3/b19-10+. The Hall–Kier alpha value is -2.39. The van der Waals surface area contributed by atoms with E-state index in [0.717, 1.165) is 3.57 Å². The smallest absolute Gasteiger partial charge is 0.338 e. The van der Waals surface area contributed by atoms with E-state index in [9.17, 15) is 14.7 Å². The number of aromatic hydroxyl groups is 1. The third-order valence-corrected chi connectivity index (χ3v) is 8.01. The van der Waals surface area contributed by atoms with E-state index in [4.69, 9.17) is 14.2 Å². The Morgan fingerprint density at radius 1 is 1.19 bits per heavy atom. The van der Waals surface area contributed by atoms with E-state index >= 15 is 0 Å². The summed E-state index contributed by atoms with van der Waals surface area (Å²) in [6.07, 6.45) is 1.65. The van der Waals surface area contributed by atoms with Crippen molar-refractivity contribution in [2.45, 2.75) is 19.9 Å². The van der Waals surface area contributed by atoms with Gasteiger partial charge in [0, 0.05) is 9.13 Å². The van der Waals surface area contributed by atoms with Crippen LogP contribution in [0.1, 0.15) is 31.0 Å². The van der Waals surface area contributed by atoms with Crippen LogP contribution in [-0.4, -0.2) is 36.5 Å². The summed E-state index contributed by atoms with van der Waals surface area (Å²) < 4.78 is 19.7. The third kappa shape index (κ3) is 4.92. The maximum absolute atomic E-state index is 13.8. The molecule has 0 spiro atoms. The molecule has 188 valence electrons. The second-order valence-corrected chi connectivity index (χ2v) is 11.2. The lowest BCUT2D eigenvalue weighted by molar-refractivity contribution is -0.139. The van der Waals surface area contributed by atoms with Gasteiger partial charge in [0.05, 0.1) is 46.2 Å². The first kappa shape index (κ1) is 26.7. The number of hydrogen-bond acceptors (Lipinski definition) is 8. The zero-order chi connectivity index (χ0) is 26.1. The summed E-state index contributed by atoms with van der Waals surface area (Å²) in [5.74, 6) is 0.545. The minimum atomic E-state index is -0.785. The number of hydrogen-bond donors (Lipinski definition) is 1. The highest BCUT2D eigenvalue weighted by atomic mass is 127. The SMILES string of the molecule is CCOC(=O)C1=C(C)N=c2s/c(=C/c3cc(I)cc(I)c3O)c(=O)n2C1c1ccc(OC)c(OC)c1. The molecule has 11 heteroatoms. The number of ether oxygens (including phenoxy) is 3. The zero-order valence-electron chi connectivity index (χ0n) is 19.8. The van der Waals surface area contributed by atoms with Crippen LogP contribution in [-0.2, 0) is 9.53 Å². The summed E-state index contributed by atoms with van der Waals surface area (Å²) in [5.41, 5.74) is 1.58. The third-order valence-electron chi connectivity index (χ3n) is 5.58. The molecule has 4 rings (SSSR count). The molecule has 1 aromatic heterocycles. The Kier molecular flexibility index (Phi) is 8.09. The van der Waals surface area contributed by atoms with Crippen molar-refractivity contribution in [1.29, 1.82) is 0 Å². The molecule has 1 aliphatic rings. The Balaban J connectivity index is 2.00. The van der Waals surface area contributed by atoms with Gasteiger partial charge in [-0.05, 0) is 94.9 Å². The number of esters is 1. The summed E-state index contributed by atoms with van der Waals surface area (Å²) in [6, 6.07) is 8.13. The van der Waals surface area contributed by atoms with E-state index in [1.54, 1.807) is 44.2 Å². The van der Waals surface area contributed by atoms with Gasteiger partial charge in [-0.15, -0.1) is 0 Å². The quantitative estimate of drug-likeness (QED) is 0.307. The Labute approximate surface area is 238 Å². The van der Waals surface area contributed by atoms with Crippen molar-refractivity contribution in [3.05, 3.63) is 79.6 Å². The second-order valence-electron chi connectivity index (χ2n) is 7.74. The van der Waals surface area contributed by atoms with Gasteiger partial charge in [0.1, 0.15) is 5.75 Å². The number of carbonyl (C=O) groups excluding carboxylic acids is 1. The molecule has 2 aromatic carbocycles. The fourth-order valence-corrected chi connectivity index (χ4v) is 6.89. The lowest BCUT2D eigenvalue weighted by Gasteiger charge is -2.25.